The minimum Gasteiger partial charge on any atom is -0.508 e. The number of hydrogen-bond donors (Lipinski definition) is 2. The Hall–Kier alpha value is -3.27. The molecule has 180 valence electrons. The highest BCUT2D eigenvalue weighted by Crippen LogP contribution is 2.62. The topological polar surface area (TPSA) is 66.8 Å². The van der Waals surface area contributed by atoms with Crippen LogP contribution in [-0.4, -0.2) is 22.8 Å². The average Bonchev–Trinajstić information content (AvgIpc) is 2.82. The third-order valence-corrected chi connectivity index (χ3v) is 8.62. The van der Waals surface area contributed by atoms with Gasteiger partial charge in [0.2, 0.25) is 0 Å². The zero-order valence-corrected chi connectivity index (χ0v) is 20.2. The van der Waals surface area contributed by atoms with Gasteiger partial charge in [-0.2, -0.15) is 0 Å². The molecule has 4 aliphatic carbocycles. The fourth-order valence-electron chi connectivity index (χ4n) is 7.69. The van der Waals surface area contributed by atoms with Crippen LogP contribution < -0.4 is 4.74 Å². The summed E-state index contributed by atoms with van der Waals surface area (Å²) in [7, 11) is 0. The van der Waals surface area contributed by atoms with E-state index in [1.807, 2.05) is 37.3 Å². The van der Waals surface area contributed by atoms with Crippen LogP contribution in [0.1, 0.15) is 56.6 Å². The molecule has 4 bridgehead atoms. The van der Waals surface area contributed by atoms with Gasteiger partial charge in [0, 0.05) is 22.6 Å². The molecule has 0 spiro atoms. The lowest BCUT2D eigenvalue weighted by molar-refractivity contribution is -0.131. The Bertz CT molecular complexity index is 1300. The van der Waals surface area contributed by atoms with Gasteiger partial charge in [0.25, 0.3) is 0 Å². The summed E-state index contributed by atoms with van der Waals surface area (Å²) in [6.07, 6.45) is 10.5. The smallest absolute Gasteiger partial charge is 0.328 e. The fraction of sp³-hybridized carbons (Fsp3) is 0.387. The molecule has 0 heterocycles. The third kappa shape index (κ3) is 3.89. The van der Waals surface area contributed by atoms with Crippen LogP contribution in [0, 0.1) is 17.8 Å². The molecule has 0 unspecified atom stereocenters. The second-order valence-electron chi connectivity index (χ2n) is 11.0. The molecule has 4 aliphatic rings. The van der Waals surface area contributed by atoms with E-state index in [4.69, 9.17) is 9.84 Å². The number of phenols is 1. The first-order valence-electron chi connectivity index (χ1n) is 12.9. The van der Waals surface area contributed by atoms with Gasteiger partial charge in [0.05, 0.1) is 6.61 Å². The van der Waals surface area contributed by atoms with Crippen molar-refractivity contribution in [2.75, 3.05) is 6.61 Å². The molecule has 0 aromatic heterocycles. The van der Waals surface area contributed by atoms with Crippen molar-refractivity contribution in [3.63, 3.8) is 0 Å². The molecular formula is C31H32O4. The minimum atomic E-state index is -0.961. The quantitative estimate of drug-likeness (QED) is 0.376. The van der Waals surface area contributed by atoms with Crippen LogP contribution in [0.15, 0.2) is 54.6 Å². The number of carboxylic acids is 1. The van der Waals surface area contributed by atoms with E-state index in [0.717, 1.165) is 62.6 Å². The minimum absolute atomic E-state index is 0.114. The van der Waals surface area contributed by atoms with E-state index in [-0.39, 0.29) is 5.41 Å². The normalized spacial score (nSPS) is 27.1. The van der Waals surface area contributed by atoms with Gasteiger partial charge in [-0.25, -0.2) is 4.79 Å². The van der Waals surface area contributed by atoms with Crippen LogP contribution >= 0.6 is 0 Å². The number of hydrogen-bond acceptors (Lipinski definition) is 3. The lowest BCUT2D eigenvalue weighted by Gasteiger charge is -2.57. The maximum Gasteiger partial charge on any atom is 0.328 e. The molecule has 0 atom stereocenters. The van der Waals surface area contributed by atoms with Gasteiger partial charge < -0.3 is 14.9 Å². The van der Waals surface area contributed by atoms with Gasteiger partial charge >= 0.3 is 5.97 Å². The van der Waals surface area contributed by atoms with E-state index >= 15 is 0 Å². The van der Waals surface area contributed by atoms with Crippen molar-refractivity contribution in [1.82, 2.24) is 0 Å². The predicted octanol–water partition coefficient (Wildman–Crippen LogP) is 7.18. The predicted molar refractivity (Wildman–Crippen MR) is 139 cm³/mol. The van der Waals surface area contributed by atoms with Crippen LogP contribution in [0.25, 0.3) is 28.0 Å². The standard InChI is InChI=1S/C31H32O4/c1-2-35-30-25-7-3-19(4-10-29(33)34)14-23(25)5-8-26(30)24-6-9-28(32)27(15-24)31-16-20-11-21(17-31)13-22(12-20)18-31/h3-10,14-15,20-22,32H,2,11-13,16-18H2,1H3,(H,33,34)/b10-4+. The Balaban J connectivity index is 1.44. The van der Waals surface area contributed by atoms with Crippen molar-refractivity contribution in [2.24, 2.45) is 17.8 Å². The van der Waals surface area contributed by atoms with Crippen molar-refractivity contribution >= 4 is 22.8 Å². The van der Waals surface area contributed by atoms with E-state index in [2.05, 4.69) is 18.2 Å². The molecule has 0 saturated heterocycles. The number of fused-ring (bicyclic) bond motifs is 1. The molecule has 3 aromatic rings. The van der Waals surface area contributed by atoms with Crippen LogP contribution in [0.5, 0.6) is 11.5 Å². The number of rotatable bonds is 6. The zero-order chi connectivity index (χ0) is 24.2. The molecule has 35 heavy (non-hydrogen) atoms. The molecular weight excluding hydrogens is 436 g/mol. The summed E-state index contributed by atoms with van der Waals surface area (Å²) in [4.78, 5) is 10.9. The summed E-state index contributed by atoms with van der Waals surface area (Å²) < 4.78 is 6.19. The third-order valence-electron chi connectivity index (χ3n) is 8.62. The first-order chi connectivity index (χ1) is 16.9. The molecule has 0 amide bonds. The molecule has 3 aromatic carbocycles. The maximum absolute atomic E-state index is 11.0. The number of aromatic hydroxyl groups is 1. The van der Waals surface area contributed by atoms with E-state index in [0.29, 0.717) is 12.4 Å². The summed E-state index contributed by atoms with van der Waals surface area (Å²) in [5.74, 6) is 2.75. The van der Waals surface area contributed by atoms with E-state index in [1.54, 1.807) is 6.08 Å². The van der Waals surface area contributed by atoms with Crippen molar-refractivity contribution < 1.29 is 19.7 Å². The van der Waals surface area contributed by atoms with Crippen LogP contribution in [-0.2, 0) is 10.2 Å². The average molecular weight is 469 g/mol. The first kappa shape index (κ1) is 22.2. The highest BCUT2D eigenvalue weighted by Gasteiger charge is 2.52. The molecule has 0 aliphatic heterocycles. The van der Waals surface area contributed by atoms with E-state index in [9.17, 15) is 9.90 Å². The fourth-order valence-corrected chi connectivity index (χ4v) is 7.69. The maximum atomic E-state index is 11.0. The van der Waals surface area contributed by atoms with Gasteiger partial charge in [-0.05, 0) is 109 Å². The Morgan fingerprint density at radius 1 is 1.00 bits per heavy atom. The number of ether oxygens (including phenoxy) is 1. The Labute approximate surface area is 206 Å². The van der Waals surface area contributed by atoms with Gasteiger partial charge in [-0.1, -0.05) is 30.3 Å². The lowest BCUT2D eigenvalue weighted by Crippen LogP contribution is -2.48. The summed E-state index contributed by atoms with van der Waals surface area (Å²) in [5, 5.41) is 22.0. The van der Waals surface area contributed by atoms with Gasteiger partial charge in [-0.15, -0.1) is 0 Å². The summed E-state index contributed by atoms with van der Waals surface area (Å²) in [6, 6.07) is 16.2. The highest BCUT2D eigenvalue weighted by molar-refractivity contribution is 5.97. The molecule has 4 heteroatoms. The Morgan fingerprint density at radius 2 is 1.71 bits per heavy atom. The number of carboxylic acid groups (broad SMARTS) is 1. The monoisotopic (exact) mass is 468 g/mol. The molecule has 4 saturated carbocycles. The number of aliphatic carboxylic acids is 1. The number of benzene rings is 3. The van der Waals surface area contributed by atoms with Crippen LogP contribution in [0.4, 0.5) is 0 Å². The Morgan fingerprint density at radius 3 is 2.37 bits per heavy atom. The second kappa shape index (κ2) is 8.44. The SMILES string of the molecule is CCOc1c(-c2ccc(O)c(C34CC5CC(CC(C5)C3)C4)c2)ccc2cc(/C=C/C(=O)O)ccc12. The van der Waals surface area contributed by atoms with Crippen LogP contribution in [0.3, 0.4) is 0 Å². The summed E-state index contributed by atoms with van der Waals surface area (Å²) in [5.41, 5.74) is 4.19. The number of phenolic OH excluding ortho intramolecular Hbond substituents is 1. The Kier molecular flexibility index (Phi) is 5.36. The number of carbonyl (C=O) groups is 1. The molecule has 0 radical (unpaired) electrons. The van der Waals surface area contributed by atoms with E-state index in [1.165, 1.54) is 38.5 Å². The zero-order valence-electron chi connectivity index (χ0n) is 20.2. The lowest BCUT2D eigenvalue weighted by atomic mass is 9.48. The van der Waals surface area contributed by atoms with Crippen molar-refractivity contribution in [1.29, 1.82) is 0 Å². The van der Waals surface area contributed by atoms with Gasteiger partial charge in [-0.3, -0.25) is 0 Å². The second-order valence-corrected chi connectivity index (χ2v) is 11.0. The summed E-state index contributed by atoms with van der Waals surface area (Å²) >= 11 is 0. The highest BCUT2D eigenvalue weighted by atomic mass is 16.5. The van der Waals surface area contributed by atoms with Crippen molar-refractivity contribution in [2.45, 2.75) is 50.9 Å². The summed E-state index contributed by atoms with van der Waals surface area (Å²) in [6.45, 7) is 2.54. The van der Waals surface area contributed by atoms with Gasteiger partial charge in [0.15, 0.2) is 0 Å². The molecule has 7 rings (SSSR count). The molecule has 4 nitrogen and oxygen atoms in total. The first-order valence-corrected chi connectivity index (χ1v) is 12.9. The largest absolute Gasteiger partial charge is 0.508 e. The van der Waals surface area contributed by atoms with E-state index < -0.39 is 5.97 Å². The van der Waals surface area contributed by atoms with Gasteiger partial charge in [0.1, 0.15) is 11.5 Å². The molecule has 2 N–H and O–H groups in total. The van der Waals surface area contributed by atoms with Crippen LogP contribution in [0.2, 0.25) is 0 Å². The van der Waals surface area contributed by atoms with Crippen molar-refractivity contribution in [3.05, 3.63) is 65.7 Å². The molecule has 4 fully saturated rings. The van der Waals surface area contributed by atoms with Crippen molar-refractivity contribution in [3.8, 4) is 22.6 Å².